The van der Waals surface area contributed by atoms with Crippen molar-refractivity contribution in [1.82, 2.24) is 20.9 Å². The predicted octanol–water partition coefficient (Wildman–Crippen LogP) is 1.27. The summed E-state index contributed by atoms with van der Waals surface area (Å²) >= 11 is 0. The fourth-order valence-electron chi connectivity index (χ4n) is 4.22. The summed E-state index contributed by atoms with van der Waals surface area (Å²) in [6.07, 6.45) is 2.28. The molecule has 0 bridgehead atoms. The van der Waals surface area contributed by atoms with E-state index in [4.69, 9.17) is 0 Å². The molecule has 3 atom stereocenters. The maximum absolute atomic E-state index is 12.9. The first kappa shape index (κ1) is 21.7. The fraction of sp³-hybridized carbons (Fsp3) is 0.824. The third-order valence-electron chi connectivity index (χ3n) is 5.02. The maximum atomic E-state index is 12.9. The van der Waals surface area contributed by atoms with Gasteiger partial charge < -0.3 is 16.0 Å². The number of likely N-dealkylation sites (N-methyl/N-ethyl adjacent to an activating group) is 1. The normalized spacial score (nSPS) is 29.2. The first-order valence-electron chi connectivity index (χ1n) is 8.67. The van der Waals surface area contributed by atoms with Gasteiger partial charge in [-0.1, -0.05) is 20.8 Å². The molecular weight excluding hydrogens is 344 g/mol. The van der Waals surface area contributed by atoms with E-state index >= 15 is 0 Å². The molecular formula is C17H31ClN4O3. The summed E-state index contributed by atoms with van der Waals surface area (Å²) in [5.41, 5.74) is -0.863. The SMILES string of the molecule is CNC(C)CNC(=O)CN1C(=O)NC2(CC(C)CC(C)(C)C2)C1=O.Cl. The molecule has 25 heavy (non-hydrogen) atoms. The average molecular weight is 375 g/mol. The van der Waals surface area contributed by atoms with Crippen LogP contribution in [-0.2, 0) is 9.59 Å². The van der Waals surface area contributed by atoms with Crippen LogP contribution in [0.25, 0.3) is 0 Å². The second kappa shape index (κ2) is 7.91. The molecule has 0 aromatic heterocycles. The molecule has 3 N–H and O–H groups in total. The first-order chi connectivity index (χ1) is 11.1. The van der Waals surface area contributed by atoms with Gasteiger partial charge in [-0.05, 0) is 44.6 Å². The molecule has 0 aromatic rings. The van der Waals surface area contributed by atoms with E-state index in [1.54, 1.807) is 0 Å². The molecule has 2 rings (SSSR count). The Bertz CT molecular complexity index is 540. The topological polar surface area (TPSA) is 90.5 Å². The van der Waals surface area contributed by atoms with E-state index in [0.717, 1.165) is 11.3 Å². The number of urea groups is 1. The van der Waals surface area contributed by atoms with Crippen LogP contribution in [0.5, 0.6) is 0 Å². The van der Waals surface area contributed by atoms with Crippen LogP contribution >= 0.6 is 12.4 Å². The van der Waals surface area contributed by atoms with Crippen LogP contribution in [0, 0.1) is 11.3 Å². The van der Waals surface area contributed by atoms with Gasteiger partial charge in [0.1, 0.15) is 12.1 Å². The van der Waals surface area contributed by atoms with Gasteiger partial charge in [0.05, 0.1) is 0 Å². The fourth-order valence-corrected chi connectivity index (χ4v) is 4.22. The Morgan fingerprint density at radius 3 is 2.56 bits per heavy atom. The van der Waals surface area contributed by atoms with E-state index in [0.29, 0.717) is 25.3 Å². The highest BCUT2D eigenvalue weighted by Gasteiger charge is 2.56. The summed E-state index contributed by atoms with van der Waals surface area (Å²) in [6.45, 7) is 8.52. The van der Waals surface area contributed by atoms with Gasteiger partial charge in [0.25, 0.3) is 5.91 Å². The zero-order chi connectivity index (χ0) is 18.1. The molecule has 1 saturated heterocycles. The van der Waals surface area contributed by atoms with Crippen LogP contribution < -0.4 is 16.0 Å². The number of nitrogens with zero attached hydrogens (tertiary/aromatic N) is 1. The van der Waals surface area contributed by atoms with Crippen molar-refractivity contribution >= 4 is 30.3 Å². The summed E-state index contributed by atoms with van der Waals surface area (Å²) in [6, 6.07) is -0.329. The Labute approximate surface area is 156 Å². The second-order valence-corrected chi connectivity index (χ2v) is 8.25. The molecule has 1 aliphatic carbocycles. The van der Waals surface area contributed by atoms with Crippen molar-refractivity contribution in [2.75, 3.05) is 20.1 Å². The van der Waals surface area contributed by atoms with Crippen molar-refractivity contribution in [3.63, 3.8) is 0 Å². The number of halogens is 1. The third kappa shape index (κ3) is 4.85. The highest BCUT2D eigenvalue weighted by atomic mass is 35.5. The highest BCUT2D eigenvalue weighted by molar-refractivity contribution is 6.09. The van der Waals surface area contributed by atoms with Crippen LogP contribution in [0.2, 0.25) is 0 Å². The lowest BCUT2D eigenvalue weighted by Crippen LogP contribution is -2.54. The minimum atomic E-state index is -0.850. The lowest BCUT2D eigenvalue weighted by atomic mass is 9.64. The zero-order valence-electron chi connectivity index (χ0n) is 15.8. The molecule has 144 valence electrons. The van der Waals surface area contributed by atoms with Crippen LogP contribution in [0.3, 0.4) is 0 Å². The van der Waals surface area contributed by atoms with Crippen molar-refractivity contribution < 1.29 is 14.4 Å². The van der Waals surface area contributed by atoms with E-state index in [-0.39, 0.29) is 42.2 Å². The molecule has 0 radical (unpaired) electrons. The third-order valence-corrected chi connectivity index (χ3v) is 5.02. The van der Waals surface area contributed by atoms with Crippen molar-refractivity contribution in [3.8, 4) is 0 Å². The Kier molecular flexibility index (Phi) is 6.87. The van der Waals surface area contributed by atoms with Gasteiger partial charge in [-0.15, -0.1) is 12.4 Å². The zero-order valence-corrected chi connectivity index (χ0v) is 16.6. The summed E-state index contributed by atoms with van der Waals surface area (Å²) in [5.74, 6) is -0.229. The number of carbonyl (C=O) groups excluding carboxylic acids is 3. The smallest absolute Gasteiger partial charge is 0.325 e. The summed E-state index contributed by atoms with van der Waals surface area (Å²) in [5, 5.41) is 8.64. The summed E-state index contributed by atoms with van der Waals surface area (Å²) < 4.78 is 0. The van der Waals surface area contributed by atoms with Gasteiger partial charge in [0.15, 0.2) is 0 Å². The van der Waals surface area contributed by atoms with E-state index in [2.05, 4.69) is 36.7 Å². The van der Waals surface area contributed by atoms with Crippen molar-refractivity contribution in [3.05, 3.63) is 0 Å². The number of amides is 4. The average Bonchev–Trinajstić information content (AvgIpc) is 2.66. The van der Waals surface area contributed by atoms with Gasteiger partial charge >= 0.3 is 6.03 Å². The quantitative estimate of drug-likeness (QED) is 0.632. The summed E-state index contributed by atoms with van der Waals surface area (Å²) in [7, 11) is 1.81. The highest BCUT2D eigenvalue weighted by Crippen LogP contribution is 2.46. The summed E-state index contributed by atoms with van der Waals surface area (Å²) in [4.78, 5) is 38.3. The monoisotopic (exact) mass is 374 g/mol. The Hall–Kier alpha value is -1.34. The van der Waals surface area contributed by atoms with E-state index in [9.17, 15) is 14.4 Å². The van der Waals surface area contributed by atoms with E-state index in [1.165, 1.54) is 0 Å². The van der Waals surface area contributed by atoms with Crippen LogP contribution in [0.4, 0.5) is 4.79 Å². The van der Waals surface area contributed by atoms with Gasteiger partial charge in [-0.2, -0.15) is 0 Å². The molecule has 8 heteroatoms. The Morgan fingerprint density at radius 2 is 2.00 bits per heavy atom. The molecule has 0 aromatic carbocycles. The van der Waals surface area contributed by atoms with Crippen LogP contribution in [0.15, 0.2) is 0 Å². The largest absolute Gasteiger partial charge is 0.353 e. The van der Waals surface area contributed by atoms with Crippen LogP contribution in [-0.4, -0.2) is 54.5 Å². The Morgan fingerprint density at radius 1 is 1.36 bits per heavy atom. The number of carbonyl (C=O) groups is 3. The lowest BCUT2D eigenvalue weighted by molar-refractivity contribution is -0.137. The van der Waals surface area contributed by atoms with E-state index in [1.807, 2.05) is 14.0 Å². The van der Waals surface area contributed by atoms with Crippen molar-refractivity contribution in [2.24, 2.45) is 11.3 Å². The molecule has 2 fully saturated rings. The molecule has 7 nitrogen and oxygen atoms in total. The van der Waals surface area contributed by atoms with Gasteiger partial charge in [-0.25, -0.2) is 4.79 Å². The van der Waals surface area contributed by atoms with Crippen LogP contribution in [0.1, 0.15) is 47.0 Å². The first-order valence-corrected chi connectivity index (χ1v) is 8.67. The molecule has 1 saturated carbocycles. The minimum absolute atomic E-state index is 0. The molecule has 4 amide bonds. The maximum Gasteiger partial charge on any atom is 0.325 e. The predicted molar refractivity (Wildman–Crippen MR) is 98.6 cm³/mol. The molecule has 1 spiro atoms. The van der Waals surface area contributed by atoms with Gasteiger partial charge in [0, 0.05) is 12.6 Å². The van der Waals surface area contributed by atoms with E-state index < -0.39 is 11.6 Å². The number of imide groups is 1. The number of hydrogen-bond donors (Lipinski definition) is 3. The molecule has 1 heterocycles. The number of nitrogens with one attached hydrogen (secondary N) is 3. The molecule has 1 aliphatic heterocycles. The molecule has 2 aliphatic rings. The Balaban J connectivity index is 0.00000312. The molecule has 3 unspecified atom stereocenters. The number of hydrogen-bond acceptors (Lipinski definition) is 4. The van der Waals surface area contributed by atoms with Gasteiger partial charge in [0.2, 0.25) is 5.91 Å². The number of rotatable bonds is 5. The standard InChI is InChI=1S/C17H30N4O3.ClH/c1-11-6-16(3,4)10-17(7-11)14(23)21(15(24)20-17)9-13(22)19-8-12(2)18-5;/h11-12,18H,6-10H2,1-5H3,(H,19,22)(H,20,24);1H. The lowest BCUT2D eigenvalue weighted by Gasteiger charge is -2.43. The van der Waals surface area contributed by atoms with Crippen molar-refractivity contribution in [1.29, 1.82) is 0 Å². The second-order valence-electron chi connectivity index (χ2n) is 8.25. The van der Waals surface area contributed by atoms with Gasteiger partial charge in [-0.3, -0.25) is 14.5 Å². The van der Waals surface area contributed by atoms with Crippen molar-refractivity contribution in [2.45, 2.75) is 58.5 Å². The minimum Gasteiger partial charge on any atom is -0.353 e.